The molecule has 1 heterocycles. The lowest BCUT2D eigenvalue weighted by molar-refractivity contribution is -0.317. The number of aliphatic carboxylic acids is 1. The Balaban J connectivity index is 3.23. The van der Waals surface area contributed by atoms with Gasteiger partial charge in [-0.25, -0.2) is 4.79 Å². The summed E-state index contributed by atoms with van der Waals surface area (Å²) in [5, 5.41) is 72.1. The summed E-state index contributed by atoms with van der Waals surface area (Å²) in [6.45, 7) is 18.7. The van der Waals surface area contributed by atoms with E-state index in [0.29, 0.717) is 23.0 Å². The van der Waals surface area contributed by atoms with E-state index in [9.17, 15) is 35.4 Å². The highest BCUT2D eigenvalue weighted by atomic mass is 16.7. The Morgan fingerprint density at radius 1 is 0.778 bits per heavy atom. The van der Waals surface area contributed by atoms with Gasteiger partial charge in [-0.1, -0.05) is 73.1 Å². The summed E-state index contributed by atoms with van der Waals surface area (Å²) in [5.74, 6) is -1.13. The van der Waals surface area contributed by atoms with Gasteiger partial charge in [0.05, 0.1) is 24.9 Å². The number of carboxylic acid groups (broad SMARTS) is 1. The molecule has 9 unspecified atom stereocenters. The average Bonchev–Trinajstić information content (AvgIpc) is 2.97. The van der Waals surface area contributed by atoms with Crippen LogP contribution in [0.15, 0.2) is 34.9 Å². The second-order valence-electron chi connectivity index (χ2n) is 13.8. The maximum absolute atomic E-state index is 11.2. The normalized spacial score (nSPS) is 29.7. The van der Waals surface area contributed by atoms with E-state index in [1.165, 1.54) is 13.0 Å². The minimum atomic E-state index is -1.55. The third kappa shape index (κ3) is 12.5. The van der Waals surface area contributed by atoms with Crippen molar-refractivity contribution in [3.05, 3.63) is 34.9 Å². The lowest BCUT2D eigenvalue weighted by Crippen LogP contribution is -2.60. The molecular weight excluding hydrogens is 590 g/mol. The van der Waals surface area contributed by atoms with Crippen molar-refractivity contribution in [1.82, 2.24) is 0 Å². The third-order valence-corrected chi connectivity index (χ3v) is 9.33. The van der Waals surface area contributed by atoms with Crippen LogP contribution in [-0.2, 0) is 14.3 Å². The zero-order chi connectivity index (χ0) is 34.8. The number of hydrogen-bond acceptors (Lipinski definition) is 9. The zero-order valence-corrected chi connectivity index (χ0v) is 29.0. The molecule has 0 aromatic rings. The Morgan fingerprint density at radius 3 is 1.78 bits per heavy atom. The molecule has 0 bridgehead atoms. The molecule has 1 saturated heterocycles. The van der Waals surface area contributed by atoms with Crippen molar-refractivity contribution in [3.63, 3.8) is 0 Å². The quantitative estimate of drug-likeness (QED) is 0.0654. The molecule has 1 fully saturated rings. The van der Waals surface area contributed by atoms with Crippen molar-refractivity contribution in [3.8, 4) is 0 Å². The molecule has 0 spiro atoms. The van der Waals surface area contributed by atoms with E-state index < -0.39 is 67.5 Å². The van der Waals surface area contributed by atoms with Crippen molar-refractivity contribution >= 4 is 5.97 Å². The van der Waals surface area contributed by atoms with Gasteiger partial charge in [-0.05, 0) is 62.5 Å². The first-order valence-corrected chi connectivity index (χ1v) is 16.5. The van der Waals surface area contributed by atoms with Gasteiger partial charge >= 0.3 is 5.97 Å². The van der Waals surface area contributed by atoms with E-state index in [2.05, 4.69) is 27.7 Å². The molecule has 14 atom stereocenters. The first-order chi connectivity index (χ1) is 20.9. The van der Waals surface area contributed by atoms with Gasteiger partial charge in [0.15, 0.2) is 6.29 Å². The van der Waals surface area contributed by atoms with Gasteiger partial charge in [0.25, 0.3) is 0 Å². The molecule has 1 aliphatic heterocycles. The van der Waals surface area contributed by atoms with E-state index >= 15 is 0 Å². The number of ether oxygens (including phenoxy) is 2. The first-order valence-electron chi connectivity index (χ1n) is 16.5. The van der Waals surface area contributed by atoms with Crippen LogP contribution >= 0.6 is 0 Å². The van der Waals surface area contributed by atoms with Crippen LogP contribution in [-0.4, -0.2) is 97.3 Å². The van der Waals surface area contributed by atoms with E-state index in [4.69, 9.17) is 14.6 Å². The van der Waals surface area contributed by atoms with Gasteiger partial charge in [-0.2, -0.15) is 0 Å². The highest BCUT2D eigenvalue weighted by molar-refractivity contribution is 5.85. The van der Waals surface area contributed by atoms with E-state index in [1.807, 2.05) is 26.8 Å². The predicted molar refractivity (Wildman–Crippen MR) is 174 cm³/mol. The summed E-state index contributed by atoms with van der Waals surface area (Å²) in [6.07, 6.45) is -1.000. The fourth-order valence-electron chi connectivity index (χ4n) is 6.43. The Hall–Kier alpha value is -1.63. The van der Waals surface area contributed by atoms with Crippen LogP contribution in [0.2, 0.25) is 0 Å². The Morgan fingerprint density at radius 2 is 1.29 bits per heavy atom. The standard InChI is InChI=1S/C35H62O10/c1-11-18(2)12-19(3)13-24(8)33(45-35-32(41)31(40)30(39)27(17-36)44-35)25(9)15-22(6)28(37)20(4)14-21(5)29(38)23(7)16-26(10)34(42)43/h14-16,18-20,23-25,27-33,35-41H,11-13,17H2,1-10H3,(H,42,43)/b21-14+,22-15+,26-16+/t18?,19?,20?,23?,24?,25?,27-,28?,29?,30-,31+,32+,33?,35+/m1/s1/i1+1,18+1,19+1,20+1,21+1,22+1,23+1,24+1,25+1,26+1. The van der Waals surface area contributed by atoms with Crippen LogP contribution in [0.5, 0.6) is 0 Å². The van der Waals surface area contributed by atoms with Crippen molar-refractivity contribution in [1.29, 1.82) is 0 Å². The summed E-state index contributed by atoms with van der Waals surface area (Å²) in [5.41, 5.74) is 1.46. The summed E-state index contributed by atoms with van der Waals surface area (Å²) in [6, 6.07) is 0. The molecular formula is C35H62O10. The topological polar surface area (TPSA) is 177 Å². The van der Waals surface area contributed by atoms with Crippen LogP contribution in [0.3, 0.4) is 0 Å². The zero-order valence-electron chi connectivity index (χ0n) is 29.0. The molecule has 0 radical (unpaired) electrons. The molecule has 10 heteroatoms. The molecule has 262 valence electrons. The molecule has 1 rings (SSSR count). The number of carbonyl (C=O) groups is 1. The molecule has 7 N–H and O–H groups in total. The van der Waals surface area contributed by atoms with Crippen LogP contribution in [0.4, 0.5) is 0 Å². The molecule has 0 aromatic carbocycles. The fourth-order valence-corrected chi connectivity index (χ4v) is 6.43. The lowest BCUT2D eigenvalue weighted by atomic mass is 9.99. The molecule has 0 aliphatic carbocycles. The maximum atomic E-state index is 11.2. The fraction of sp³-hybridized carbons (Fsp3) is 0.800. The van der Waals surface area contributed by atoms with Gasteiger partial charge in [-0.3, -0.25) is 0 Å². The van der Waals surface area contributed by atoms with Crippen molar-refractivity contribution in [2.75, 3.05) is 6.61 Å². The Bertz CT molecular complexity index is 991. The number of hydrogen-bond donors (Lipinski definition) is 7. The smallest absolute Gasteiger partial charge is 0.330 e. The second kappa shape index (κ2) is 19.3. The number of carboxylic acids is 1. The predicted octanol–water partition coefficient (Wildman–Crippen LogP) is 3.82. The van der Waals surface area contributed by atoms with Crippen LogP contribution in [0, 0.1) is 35.5 Å². The van der Waals surface area contributed by atoms with Gasteiger partial charge < -0.3 is 45.2 Å². The van der Waals surface area contributed by atoms with Crippen LogP contribution < -0.4 is 0 Å². The maximum Gasteiger partial charge on any atom is 0.330 e. The average molecular weight is 653 g/mol. The monoisotopic (exact) mass is 652 g/mol. The summed E-state index contributed by atoms with van der Waals surface area (Å²) < 4.78 is 12.0. The molecule has 0 saturated carbocycles. The van der Waals surface area contributed by atoms with E-state index in [-0.39, 0.29) is 23.3 Å². The van der Waals surface area contributed by atoms with Gasteiger partial charge in [0, 0.05) is 23.3 Å². The minimum absolute atomic E-state index is 0.00821. The lowest BCUT2D eigenvalue weighted by Gasteiger charge is -2.42. The molecule has 45 heavy (non-hydrogen) atoms. The number of aliphatic hydroxyl groups is 6. The highest BCUT2D eigenvalue weighted by Gasteiger charge is 2.45. The van der Waals surface area contributed by atoms with Crippen LogP contribution in [0.1, 0.15) is 88.5 Å². The van der Waals surface area contributed by atoms with E-state index in [1.54, 1.807) is 19.9 Å². The molecule has 10 nitrogen and oxygen atoms in total. The van der Waals surface area contributed by atoms with E-state index in [0.717, 1.165) is 19.3 Å². The Kier molecular flexibility index (Phi) is 17.7. The van der Waals surface area contributed by atoms with Crippen LogP contribution in [0.25, 0.3) is 0 Å². The largest absolute Gasteiger partial charge is 0.478 e. The molecule has 1 aliphatic rings. The first kappa shape index (κ1) is 41.4. The Labute approximate surface area is 270 Å². The molecule has 0 aromatic heterocycles. The SMILES string of the molecule is C/[13C](=C\[13CH](C)C(O)/[13C](C)=C/[13CH](C)C(O)/[13C](C)=C/[13CH](C)C(O[C@@H]1O[C@H](CO)[C@@H](O)[C@H](O)[C@@H]1O)[13CH](C)C[13CH](C)C[13CH](C)C[13CH3])C(=O)O. The van der Waals surface area contributed by atoms with Gasteiger partial charge in [0.1, 0.15) is 24.4 Å². The summed E-state index contributed by atoms with van der Waals surface area (Å²) >= 11 is 0. The van der Waals surface area contributed by atoms with Crippen molar-refractivity contribution in [2.24, 2.45) is 35.5 Å². The number of rotatable bonds is 18. The second-order valence-corrected chi connectivity index (χ2v) is 13.8. The minimum Gasteiger partial charge on any atom is -0.478 e. The summed E-state index contributed by atoms with van der Waals surface area (Å²) in [4.78, 5) is 11.2. The van der Waals surface area contributed by atoms with Gasteiger partial charge in [-0.15, -0.1) is 0 Å². The summed E-state index contributed by atoms with van der Waals surface area (Å²) in [7, 11) is 0. The molecule has 0 amide bonds. The highest BCUT2D eigenvalue weighted by Crippen LogP contribution is 2.33. The number of aliphatic hydroxyl groups excluding tert-OH is 6. The van der Waals surface area contributed by atoms with Crippen molar-refractivity contribution < 1.29 is 50.0 Å². The van der Waals surface area contributed by atoms with Gasteiger partial charge in [0.2, 0.25) is 0 Å². The third-order valence-electron chi connectivity index (χ3n) is 9.33. The van der Waals surface area contributed by atoms with Crippen molar-refractivity contribution in [2.45, 2.75) is 138 Å².